The topological polar surface area (TPSA) is 84.1 Å². The van der Waals surface area contributed by atoms with Crippen molar-refractivity contribution in [2.24, 2.45) is 0 Å². The van der Waals surface area contributed by atoms with E-state index in [-0.39, 0.29) is 5.95 Å². The fourth-order valence-corrected chi connectivity index (χ4v) is 3.51. The van der Waals surface area contributed by atoms with E-state index in [9.17, 15) is 18.3 Å². The summed E-state index contributed by atoms with van der Waals surface area (Å²) in [5.41, 5.74) is 0.881. The third kappa shape index (κ3) is 4.28. The molecule has 29 heavy (non-hydrogen) atoms. The largest absolute Gasteiger partial charge is 0.472 e. The third-order valence-electron chi connectivity index (χ3n) is 3.97. The molecule has 10 heteroatoms. The second kappa shape index (κ2) is 7.64. The number of alkyl halides is 3. The van der Waals surface area contributed by atoms with Gasteiger partial charge in [-0.15, -0.1) is 11.3 Å². The van der Waals surface area contributed by atoms with Gasteiger partial charge >= 0.3 is 6.18 Å². The summed E-state index contributed by atoms with van der Waals surface area (Å²) in [5.74, 6) is -0.155. The minimum absolute atomic E-state index is 0.155. The van der Waals surface area contributed by atoms with E-state index >= 15 is 0 Å². The minimum atomic E-state index is -4.55. The van der Waals surface area contributed by atoms with Crippen LogP contribution in [-0.4, -0.2) is 20.1 Å². The van der Waals surface area contributed by atoms with E-state index in [0.717, 1.165) is 22.7 Å². The Hall–Kier alpha value is -3.24. The van der Waals surface area contributed by atoms with Gasteiger partial charge in [-0.05, 0) is 29.8 Å². The van der Waals surface area contributed by atoms with Gasteiger partial charge in [0, 0.05) is 23.6 Å². The van der Waals surface area contributed by atoms with Gasteiger partial charge in [0.2, 0.25) is 5.95 Å². The van der Waals surface area contributed by atoms with Gasteiger partial charge in [0.25, 0.3) is 0 Å². The maximum atomic E-state index is 12.8. The number of rotatable bonds is 5. The van der Waals surface area contributed by atoms with Gasteiger partial charge in [-0.3, -0.25) is 0 Å². The number of furan rings is 1. The fraction of sp³-hybridized carbons (Fsp3) is 0.105. The Kier molecular flexibility index (Phi) is 5.03. The van der Waals surface area contributed by atoms with Crippen LogP contribution < -0.4 is 5.32 Å². The molecule has 3 aromatic heterocycles. The Morgan fingerprint density at radius 2 is 2.00 bits per heavy atom. The molecule has 0 saturated carbocycles. The number of thiazole rings is 1. The zero-order valence-corrected chi connectivity index (χ0v) is 15.4. The second-order valence-corrected chi connectivity index (χ2v) is 7.05. The van der Waals surface area contributed by atoms with E-state index in [0.29, 0.717) is 16.3 Å². The van der Waals surface area contributed by atoms with E-state index in [1.54, 1.807) is 30.5 Å². The molecule has 1 unspecified atom stereocenters. The first-order chi connectivity index (χ1) is 13.9. The first-order valence-electron chi connectivity index (χ1n) is 8.34. The van der Waals surface area contributed by atoms with Crippen LogP contribution in [-0.2, 0) is 6.18 Å². The Morgan fingerprint density at radius 1 is 1.14 bits per heavy atom. The number of nitrogens with zero attached hydrogens (tertiary/aromatic N) is 3. The lowest BCUT2D eigenvalue weighted by atomic mass is 10.2. The van der Waals surface area contributed by atoms with Crippen molar-refractivity contribution in [3.63, 3.8) is 0 Å². The zero-order chi connectivity index (χ0) is 20.4. The molecule has 1 atom stereocenters. The number of aromatic nitrogens is 3. The van der Waals surface area contributed by atoms with Crippen LogP contribution >= 0.6 is 11.3 Å². The number of anilines is 2. The summed E-state index contributed by atoms with van der Waals surface area (Å²) in [6.07, 6.45) is 0.157. The quantitative estimate of drug-likeness (QED) is 0.473. The van der Waals surface area contributed by atoms with Crippen LogP contribution in [0.4, 0.5) is 24.8 Å². The molecule has 0 aliphatic heterocycles. The third-order valence-corrected chi connectivity index (χ3v) is 5.06. The maximum Gasteiger partial charge on any atom is 0.433 e. The van der Waals surface area contributed by atoms with Crippen molar-refractivity contribution in [3.8, 4) is 10.4 Å². The fourth-order valence-electron chi connectivity index (χ4n) is 2.58. The SMILES string of the molecule is OC(c1ccoc1)c1ncc(-c2cccc(Nc3nccc(C(F)(F)F)n3)c2)s1. The molecule has 0 aliphatic rings. The lowest BCUT2D eigenvalue weighted by Crippen LogP contribution is -2.10. The van der Waals surface area contributed by atoms with Gasteiger partial charge < -0.3 is 14.8 Å². The van der Waals surface area contributed by atoms with Crippen LogP contribution in [0, 0.1) is 0 Å². The number of nitrogens with one attached hydrogen (secondary N) is 1. The molecular formula is C19H13F3N4O2S. The average Bonchev–Trinajstić information content (AvgIpc) is 3.40. The molecule has 1 aromatic carbocycles. The monoisotopic (exact) mass is 418 g/mol. The Balaban J connectivity index is 1.56. The molecule has 0 radical (unpaired) electrons. The lowest BCUT2D eigenvalue weighted by molar-refractivity contribution is -0.141. The van der Waals surface area contributed by atoms with E-state index < -0.39 is 18.0 Å². The number of aliphatic hydroxyl groups excluding tert-OH is 1. The molecule has 0 spiro atoms. The van der Waals surface area contributed by atoms with Crippen molar-refractivity contribution in [2.75, 3.05) is 5.32 Å². The predicted molar refractivity (Wildman–Crippen MR) is 101 cm³/mol. The second-order valence-electron chi connectivity index (χ2n) is 5.99. The van der Waals surface area contributed by atoms with Crippen molar-refractivity contribution in [1.82, 2.24) is 15.0 Å². The van der Waals surface area contributed by atoms with E-state index in [4.69, 9.17) is 4.42 Å². The summed E-state index contributed by atoms with van der Waals surface area (Å²) < 4.78 is 43.4. The average molecular weight is 418 g/mol. The van der Waals surface area contributed by atoms with E-state index in [2.05, 4.69) is 20.3 Å². The van der Waals surface area contributed by atoms with E-state index in [1.807, 2.05) is 6.07 Å². The molecule has 4 rings (SSSR count). The normalized spacial score (nSPS) is 12.7. The van der Waals surface area contributed by atoms with Gasteiger partial charge in [-0.2, -0.15) is 13.2 Å². The highest BCUT2D eigenvalue weighted by Gasteiger charge is 2.32. The van der Waals surface area contributed by atoms with Gasteiger partial charge in [-0.25, -0.2) is 15.0 Å². The van der Waals surface area contributed by atoms with Crippen molar-refractivity contribution >= 4 is 23.0 Å². The van der Waals surface area contributed by atoms with Crippen LogP contribution in [0.3, 0.4) is 0 Å². The molecule has 148 valence electrons. The standard InChI is InChI=1S/C19H13F3N4O2S/c20-19(21,22)15-4-6-23-18(26-15)25-13-3-1-2-11(8-13)14-9-24-17(29-14)16(27)12-5-7-28-10-12/h1-10,16,27H,(H,23,25,26). The Labute approximate surface area is 166 Å². The summed E-state index contributed by atoms with van der Waals surface area (Å²) in [4.78, 5) is 12.4. The van der Waals surface area contributed by atoms with Gasteiger partial charge in [0.1, 0.15) is 16.8 Å². The Bertz CT molecular complexity index is 1110. The van der Waals surface area contributed by atoms with Crippen molar-refractivity contribution in [2.45, 2.75) is 12.3 Å². The molecular weight excluding hydrogens is 405 g/mol. The summed E-state index contributed by atoms with van der Waals surface area (Å²) in [7, 11) is 0. The van der Waals surface area contributed by atoms with Gasteiger partial charge in [-0.1, -0.05) is 12.1 Å². The highest BCUT2D eigenvalue weighted by molar-refractivity contribution is 7.15. The number of hydrogen-bond donors (Lipinski definition) is 2. The molecule has 6 nitrogen and oxygen atoms in total. The zero-order valence-electron chi connectivity index (χ0n) is 14.6. The van der Waals surface area contributed by atoms with Crippen molar-refractivity contribution in [3.05, 3.63) is 77.6 Å². The van der Waals surface area contributed by atoms with Gasteiger partial charge in [0.15, 0.2) is 0 Å². The van der Waals surface area contributed by atoms with E-state index in [1.165, 1.54) is 23.9 Å². The number of aliphatic hydroxyl groups is 1. The first kappa shape index (κ1) is 19.1. The summed E-state index contributed by atoms with van der Waals surface area (Å²) in [6.45, 7) is 0. The molecule has 0 saturated heterocycles. The molecule has 0 amide bonds. The molecule has 0 bridgehead atoms. The summed E-state index contributed by atoms with van der Waals surface area (Å²) in [5, 5.41) is 13.6. The molecule has 4 aromatic rings. The number of halogens is 3. The number of hydrogen-bond acceptors (Lipinski definition) is 7. The van der Waals surface area contributed by atoms with Crippen LogP contribution in [0.2, 0.25) is 0 Å². The Morgan fingerprint density at radius 3 is 2.76 bits per heavy atom. The van der Waals surface area contributed by atoms with Crippen LogP contribution in [0.5, 0.6) is 0 Å². The predicted octanol–water partition coefficient (Wildman–Crippen LogP) is 5.04. The van der Waals surface area contributed by atoms with Crippen molar-refractivity contribution in [1.29, 1.82) is 0 Å². The first-order valence-corrected chi connectivity index (χ1v) is 9.15. The number of benzene rings is 1. The van der Waals surface area contributed by atoms with Crippen LogP contribution in [0.15, 0.2) is 65.7 Å². The van der Waals surface area contributed by atoms with Crippen LogP contribution in [0.1, 0.15) is 22.4 Å². The summed E-state index contributed by atoms with van der Waals surface area (Å²) in [6, 6.07) is 9.48. The summed E-state index contributed by atoms with van der Waals surface area (Å²) >= 11 is 1.30. The molecule has 2 N–H and O–H groups in total. The molecule has 3 heterocycles. The highest BCUT2D eigenvalue weighted by Crippen LogP contribution is 2.33. The van der Waals surface area contributed by atoms with Crippen molar-refractivity contribution < 1.29 is 22.7 Å². The molecule has 0 fully saturated rings. The minimum Gasteiger partial charge on any atom is -0.472 e. The lowest BCUT2D eigenvalue weighted by Gasteiger charge is -2.09. The maximum absolute atomic E-state index is 12.8. The smallest absolute Gasteiger partial charge is 0.433 e. The highest BCUT2D eigenvalue weighted by atomic mass is 32.1. The van der Waals surface area contributed by atoms with Crippen LogP contribution in [0.25, 0.3) is 10.4 Å². The van der Waals surface area contributed by atoms with Gasteiger partial charge in [0.05, 0.1) is 17.4 Å². The molecule has 0 aliphatic carbocycles.